The van der Waals surface area contributed by atoms with Gasteiger partial charge in [-0.25, -0.2) is 15.1 Å². The summed E-state index contributed by atoms with van der Waals surface area (Å²) in [6.07, 6.45) is -0.379. The molecule has 4 heterocycles. The molecule has 15 heteroatoms. The molecule has 4 rings (SSSR count). The van der Waals surface area contributed by atoms with Crippen molar-refractivity contribution in [2.45, 2.75) is 25.6 Å². The molecule has 1 atom stereocenters. The van der Waals surface area contributed by atoms with Crippen LogP contribution in [0.2, 0.25) is 0 Å². The Labute approximate surface area is 203 Å². The van der Waals surface area contributed by atoms with Crippen molar-refractivity contribution in [3.63, 3.8) is 0 Å². The van der Waals surface area contributed by atoms with Gasteiger partial charge in [0.1, 0.15) is 5.39 Å². The number of nitrogens with zero attached hydrogens (tertiary/aromatic N) is 7. The molecule has 1 fully saturated rings. The Morgan fingerprint density at radius 3 is 2.50 bits per heavy atom. The Hall–Kier alpha value is -3.75. The largest absolute Gasteiger partial charge is 0.494 e. The summed E-state index contributed by atoms with van der Waals surface area (Å²) < 4.78 is 51.8. The first kappa shape index (κ1) is 25.3. The fraction of sp³-hybridized carbons (Fsp3) is 0.524. The third-order valence-corrected chi connectivity index (χ3v) is 5.80. The van der Waals surface area contributed by atoms with E-state index in [-0.39, 0.29) is 31.1 Å². The van der Waals surface area contributed by atoms with Crippen LogP contribution in [0.5, 0.6) is 5.75 Å². The van der Waals surface area contributed by atoms with E-state index in [1.54, 1.807) is 24.2 Å². The highest BCUT2D eigenvalue weighted by Crippen LogP contribution is 2.33. The highest BCUT2D eigenvalue weighted by molar-refractivity contribution is 5.80. The number of H-pyrrole nitrogens is 1. The van der Waals surface area contributed by atoms with E-state index in [1.807, 2.05) is 10.00 Å². The second kappa shape index (κ2) is 10.5. The van der Waals surface area contributed by atoms with Crippen LogP contribution in [0.4, 0.5) is 19.1 Å². The first-order chi connectivity index (χ1) is 17.2. The van der Waals surface area contributed by atoms with Gasteiger partial charge in [0.2, 0.25) is 11.9 Å². The van der Waals surface area contributed by atoms with Crippen LogP contribution in [0.15, 0.2) is 23.4 Å². The van der Waals surface area contributed by atoms with Gasteiger partial charge in [0.25, 0.3) is 5.56 Å². The summed E-state index contributed by atoms with van der Waals surface area (Å²) in [6.45, 7) is 3.87. The van der Waals surface area contributed by atoms with Gasteiger partial charge in [-0.1, -0.05) is 0 Å². The van der Waals surface area contributed by atoms with Crippen LogP contribution in [0.3, 0.4) is 0 Å². The number of amides is 1. The van der Waals surface area contributed by atoms with Crippen molar-refractivity contribution < 1.29 is 27.4 Å². The Morgan fingerprint density at radius 1 is 1.17 bits per heavy atom. The molecule has 3 aromatic heterocycles. The van der Waals surface area contributed by atoms with Gasteiger partial charge in [-0.05, 0) is 6.92 Å². The quantitative estimate of drug-likeness (QED) is 0.445. The summed E-state index contributed by atoms with van der Waals surface area (Å²) in [5.74, 6) is 1.04. The topological polar surface area (TPSA) is 131 Å². The third-order valence-electron chi connectivity index (χ3n) is 5.80. The van der Waals surface area contributed by atoms with Gasteiger partial charge in [0, 0.05) is 26.2 Å². The summed E-state index contributed by atoms with van der Waals surface area (Å²) >= 11 is 0. The van der Waals surface area contributed by atoms with Crippen LogP contribution < -0.4 is 15.2 Å². The highest BCUT2D eigenvalue weighted by Gasteiger charge is 2.38. The van der Waals surface area contributed by atoms with Crippen LogP contribution in [-0.2, 0) is 15.7 Å². The molecule has 12 nitrogen and oxygen atoms in total. The van der Waals surface area contributed by atoms with Gasteiger partial charge in [-0.15, -0.1) is 0 Å². The van der Waals surface area contributed by atoms with Gasteiger partial charge < -0.3 is 19.3 Å². The highest BCUT2D eigenvalue weighted by atomic mass is 19.4. The first-order valence-corrected chi connectivity index (χ1v) is 11.2. The van der Waals surface area contributed by atoms with Crippen LogP contribution >= 0.6 is 0 Å². The molecule has 194 valence electrons. The number of aromatic amines is 1. The summed E-state index contributed by atoms with van der Waals surface area (Å²) in [7, 11) is 1.54. The molecule has 36 heavy (non-hydrogen) atoms. The minimum atomic E-state index is -4.80. The average Bonchev–Trinajstić information content (AvgIpc) is 3.28. The summed E-state index contributed by atoms with van der Waals surface area (Å²) in [4.78, 5) is 36.7. The predicted molar refractivity (Wildman–Crippen MR) is 121 cm³/mol. The van der Waals surface area contributed by atoms with Crippen molar-refractivity contribution in [1.29, 1.82) is 0 Å². The monoisotopic (exact) mass is 510 g/mol. The molecule has 1 amide bonds. The van der Waals surface area contributed by atoms with Crippen molar-refractivity contribution in [3.05, 3.63) is 34.6 Å². The van der Waals surface area contributed by atoms with E-state index in [1.165, 1.54) is 7.11 Å². The van der Waals surface area contributed by atoms with Crippen LogP contribution in [0.25, 0.3) is 10.9 Å². The molecule has 0 spiro atoms. The molecular formula is C21H25F3N8O4. The van der Waals surface area contributed by atoms with Crippen molar-refractivity contribution in [2.75, 3.05) is 51.4 Å². The maximum absolute atomic E-state index is 13.4. The van der Waals surface area contributed by atoms with Gasteiger partial charge in [-0.3, -0.25) is 14.3 Å². The maximum atomic E-state index is 13.4. The number of piperazine rings is 1. The SMILES string of the molecule is COc1cnc(N2CCN(C(=O)CCOCC(C)n3nc(C(F)(F)F)c4c(=O)[nH]ncc43)CC2)nc1. The van der Waals surface area contributed by atoms with Crippen molar-refractivity contribution in [3.8, 4) is 5.75 Å². The predicted octanol–water partition coefficient (Wildman–Crippen LogP) is 1.25. The minimum Gasteiger partial charge on any atom is -0.494 e. The Bertz CT molecular complexity index is 1250. The number of hydrogen-bond donors (Lipinski definition) is 1. The zero-order valence-corrected chi connectivity index (χ0v) is 19.7. The van der Waals surface area contributed by atoms with E-state index in [0.29, 0.717) is 37.9 Å². The summed E-state index contributed by atoms with van der Waals surface area (Å²) in [6, 6.07) is -0.629. The van der Waals surface area contributed by atoms with Gasteiger partial charge in [0.15, 0.2) is 11.4 Å². The first-order valence-electron chi connectivity index (χ1n) is 11.2. The van der Waals surface area contributed by atoms with Crippen molar-refractivity contribution >= 4 is 22.8 Å². The number of alkyl halides is 3. The Kier molecular flexibility index (Phi) is 7.37. The number of fused-ring (bicyclic) bond motifs is 1. The third kappa shape index (κ3) is 5.40. The van der Waals surface area contributed by atoms with E-state index in [2.05, 4.69) is 20.2 Å². The van der Waals surface area contributed by atoms with Crippen molar-refractivity contribution in [2.24, 2.45) is 0 Å². The van der Waals surface area contributed by atoms with Gasteiger partial charge in [-0.2, -0.15) is 23.4 Å². The number of carbonyl (C=O) groups excluding carboxylic acids is 1. The fourth-order valence-electron chi connectivity index (χ4n) is 3.91. The van der Waals surface area contributed by atoms with Crippen LogP contribution in [-0.4, -0.2) is 87.3 Å². The van der Waals surface area contributed by atoms with Crippen LogP contribution in [0.1, 0.15) is 25.1 Å². The van der Waals surface area contributed by atoms with Crippen molar-refractivity contribution in [1.82, 2.24) is 34.8 Å². The molecule has 0 aliphatic carbocycles. The van der Waals surface area contributed by atoms with Crippen LogP contribution in [0, 0.1) is 0 Å². The van der Waals surface area contributed by atoms with Gasteiger partial charge in [0.05, 0.1) is 56.9 Å². The fourth-order valence-corrected chi connectivity index (χ4v) is 3.91. The van der Waals surface area contributed by atoms with E-state index in [4.69, 9.17) is 9.47 Å². The van der Waals surface area contributed by atoms with E-state index >= 15 is 0 Å². The summed E-state index contributed by atoms with van der Waals surface area (Å²) in [5.41, 5.74) is -2.29. The maximum Gasteiger partial charge on any atom is 0.435 e. The molecule has 0 aromatic carbocycles. The minimum absolute atomic E-state index is 0.00323. The Balaban J connectivity index is 1.27. The zero-order valence-electron chi connectivity index (χ0n) is 19.7. The molecular weight excluding hydrogens is 485 g/mol. The molecule has 1 unspecified atom stereocenters. The summed E-state index contributed by atoms with van der Waals surface area (Å²) in [5, 5.41) is 8.62. The molecule has 0 bridgehead atoms. The Morgan fingerprint density at radius 2 is 1.86 bits per heavy atom. The number of anilines is 1. The number of ether oxygens (including phenoxy) is 2. The van der Waals surface area contributed by atoms with E-state index in [0.717, 1.165) is 10.9 Å². The molecule has 1 saturated heterocycles. The average molecular weight is 510 g/mol. The lowest BCUT2D eigenvalue weighted by Gasteiger charge is -2.34. The lowest BCUT2D eigenvalue weighted by molar-refractivity contribution is -0.140. The van der Waals surface area contributed by atoms with E-state index in [9.17, 15) is 22.8 Å². The molecule has 0 saturated carbocycles. The van der Waals surface area contributed by atoms with Gasteiger partial charge >= 0.3 is 6.18 Å². The second-order valence-electron chi connectivity index (χ2n) is 8.21. The lowest BCUT2D eigenvalue weighted by atomic mass is 10.2. The zero-order chi connectivity index (χ0) is 25.9. The number of carbonyl (C=O) groups is 1. The molecule has 3 aromatic rings. The number of rotatable bonds is 8. The number of aromatic nitrogens is 6. The molecule has 0 radical (unpaired) electrons. The smallest absolute Gasteiger partial charge is 0.435 e. The molecule has 1 aliphatic rings. The van der Waals surface area contributed by atoms with E-state index < -0.39 is 28.9 Å². The number of halogens is 3. The number of methoxy groups -OCH3 is 1. The number of hydrogen-bond acceptors (Lipinski definition) is 9. The molecule has 1 aliphatic heterocycles. The lowest BCUT2D eigenvalue weighted by Crippen LogP contribution is -2.49. The number of nitrogens with one attached hydrogen (secondary N) is 1. The molecule has 1 N–H and O–H groups in total. The second-order valence-corrected chi connectivity index (χ2v) is 8.21. The normalized spacial score (nSPS) is 15.4. The standard InChI is InChI=1S/C21H25F3N8O4/c1-13(32-15-11-27-28-19(34)17(15)18(29-32)21(22,23)24)12-36-8-3-16(33)30-4-6-31(7-5-30)20-25-9-14(35-2)10-26-20/h9-11,13H,3-8,12H2,1-2H3,(H,28,34).